The zero-order chi connectivity index (χ0) is 16.7. The number of fused-ring (bicyclic) bond motifs is 1. The highest BCUT2D eigenvalue weighted by Gasteiger charge is 2.68. The summed E-state index contributed by atoms with van der Waals surface area (Å²) in [4.78, 5) is 26.6. The molecule has 0 spiro atoms. The lowest BCUT2D eigenvalue weighted by Crippen LogP contribution is -2.46. The van der Waals surface area contributed by atoms with Crippen molar-refractivity contribution in [3.63, 3.8) is 0 Å². The van der Waals surface area contributed by atoms with Gasteiger partial charge in [-0.1, -0.05) is 12.2 Å². The highest BCUT2D eigenvalue weighted by molar-refractivity contribution is 7.80. The van der Waals surface area contributed by atoms with Crippen LogP contribution in [0.1, 0.15) is 47.0 Å². The summed E-state index contributed by atoms with van der Waals surface area (Å²) in [5.41, 5.74) is 4.88. The minimum atomic E-state index is -0.612. The number of piperidine rings is 1. The number of carbonyl (C=O) groups excluding carboxylic acids is 2. The van der Waals surface area contributed by atoms with Crippen LogP contribution in [0.3, 0.4) is 0 Å². The van der Waals surface area contributed by atoms with Crippen LogP contribution in [0.25, 0.3) is 0 Å². The van der Waals surface area contributed by atoms with Gasteiger partial charge >= 0.3 is 12.1 Å². The molecule has 0 aromatic carbocycles. The van der Waals surface area contributed by atoms with E-state index in [1.165, 1.54) is 4.90 Å². The summed E-state index contributed by atoms with van der Waals surface area (Å²) in [5, 5.41) is 0. The molecule has 0 unspecified atom stereocenters. The van der Waals surface area contributed by atoms with Crippen LogP contribution in [0.5, 0.6) is 0 Å². The molecule has 1 aliphatic carbocycles. The Morgan fingerprint density at radius 2 is 2.00 bits per heavy atom. The smallest absolute Gasteiger partial charge is 0.411 e. The number of hydrogen-bond acceptors (Lipinski definition) is 5. The number of nitrogens with two attached hydrogens (primary N) is 1. The van der Waals surface area contributed by atoms with Gasteiger partial charge in [0.2, 0.25) is 0 Å². The van der Waals surface area contributed by atoms with E-state index in [4.69, 9.17) is 27.4 Å². The first-order valence-electron chi connectivity index (χ1n) is 7.56. The van der Waals surface area contributed by atoms with Gasteiger partial charge < -0.3 is 15.2 Å². The molecule has 2 N–H and O–H groups in total. The Labute approximate surface area is 136 Å². The van der Waals surface area contributed by atoms with E-state index in [2.05, 4.69) is 0 Å². The third-order valence-corrected chi connectivity index (χ3v) is 4.25. The number of rotatable bonds is 4. The molecule has 3 atom stereocenters. The summed E-state index contributed by atoms with van der Waals surface area (Å²) in [6.07, 6.45) is 1.41. The normalized spacial score (nSPS) is 29.7. The SMILES string of the molecule is CCOC(=O)[C@@H]1C[C@@]2(CC(N)=S)C[C@@H]2N1C(=O)OC(C)(C)C. The summed E-state index contributed by atoms with van der Waals surface area (Å²) in [7, 11) is 0. The average Bonchev–Trinajstić information content (AvgIpc) is 2.90. The van der Waals surface area contributed by atoms with Gasteiger partial charge in [-0.3, -0.25) is 4.90 Å². The fraction of sp³-hybridized carbons (Fsp3) is 0.800. The molecule has 7 heteroatoms. The second-order valence-corrected chi connectivity index (χ2v) is 7.61. The van der Waals surface area contributed by atoms with Crippen molar-refractivity contribution in [3.8, 4) is 0 Å². The Morgan fingerprint density at radius 3 is 2.50 bits per heavy atom. The van der Waals surface area contributed by atoms with Gasteiger partial charge in [-0.2, -0.15) is 0 Å². The highest BCUT2D eigenvalue weighted by atomic mass is 32.1. The Bertz CT molecular complexity index is 502. The minimum absolute atomic E-state index is 0.0433. The van der Waals surface area contributed by atoms with Crippen LogP contribution < -0.4 is 5.73 Å². The molecule has 1 heterocycles. The van der Waals surface area contributed by atoms with Crippen LogP contribution in [-0.2, 0) is 14.3 Å². The van der Waals surface area contributed by atoms with Gasteiger partial charge in [0.25, 0.3) is 0 Å². The second-order valence-electron chi connectivity index (χ2n) is 7.08. The molecule has 22 heavy (non-hydrogen) atoms. The number of ether oxygens (including phenoxy) is 2. The molecular formula is C15H24N2O4S. The monoisotopic (exact) mass is 328 g/mol. The van der Waals surface area contributed by atoms with Crippen LogP contribution in [0.15, 0.2) is 0 Å². The third-order valence-electron chi connectivity index (χ3n) is 4.11. The molecule has 1 saturated carbocycles. The van der Waals surface area contributed by atoms with Gasteiger partial charge in [0, 0.05) is 17.9 Å². The third kappa shape index (κ3) is 3.34. The van der Waals surface area contributed by atoms with Gasteiger partial charge in [-0.15, -0.1) is 0 Å². The first kappa shape index (κ1) is 17.0. The van der Waals surface area contributed by atoms with E-state index in [0.717, 1.165) is 6.42 Å². The van der Waals surface area contributed by atoms with Gasteiger partial charge in [-0.05, 0) is 40.5 Å². The van der Waals surface area contributed by atoms with Gasteiger partial charge in [0.05, 0.1) is 11.6 Å². The minimum Gasteiger partial charge on any atom is -0.464 e. The fourth-order valence-electron chi connectivity index (χ4n) is 3.25. The average molecular weight is 328 g/mol. The highest BCUT2D eigenvalue weighted by Crippen LogP contribution is 2.62. The molecule has 0 bridgehead atoms. The van der Waals surface area contributed by atoms with Crippen LogP contribution in [0.2, 0.25) is 0 Å². The molecule has 0 radical (unpaired) electrons. The first-order valence-corrected chi connectivity index (χ1v) is 7.97. The van der Waals surface area contributed by atoms with E-state index in [1.807, 2.05) is 0 Å². The Morgan fingerprint density at radius 1 is 1.36 bits per heavy atom. The topological polar surface area (TPSA) is 81.9 Å². The van der Waals surface area contributed by atoms with Crippen molar-refractivity contribution >= 4 is 29.3 Å². The Balaban J connectivity index is 2.18. The number of likely N-dealkylation sites (tertiary alicyclic amines) is 1. The van der Waals surface area contributed by atoms with Crippen LogP contribution in [0.4, 0.5) is 4.79 Å². The van der Waals surface area contributed by atoms with Crippen LogP contribution in [0, 0.1) is 5.41 Å². The summed E-state index contributed by atoms with van der Waals surface area (Å²) >= 11 is 5.01. The first-order chi connectivity index (χ1) is 10.1. The zero-order valence-electron chi connectivity index (χ0n) is 13.5. The molecule has 0 aromatic rings. The molecule has 1 saturated heterocycles. The molecule has 6 nitrogen and oxygen atoms in total. The summed E-state index contributed by atoms with van der Waals surface area (Å²) in [6.45, 7) is 7.43. The molecule has 2 aliphatic rings. The largest absolute Gasteiger partial charge is 0.464 e. The van der Waals surface area contributed by atoms with Crippen molar-refractivity contribution < 1.29 is 19.1 Å². The summed E-state index contributed by atoms with van der Waals surface area (Å²) in [5.74, 6) is -0.386. The van der Waals surface area contributed by atoms with E-state index in [9.17, 15) is 9.59 Å². The van der Waals surface area contributed by atoms with Crippen molar-refractivity contribution in [2.45, 2.75) is 64.6 Å². The standard InChI is InChI=1S/C15H24N2O4S/c1-5-20-12(18)9-6-15(8-11(16)22)7-10(15)17(9)13(19)21-14(2,3)4/h9-10H,5-8H2,1-4H3,(H2,16,22)/t9-,10-,15-/m0/s1. The number of hydrogen-bond donors (Lipinski definition) is 1. The van der Waals surface area contributed by atoms with Gasteiger partial charge in [-0.25, -0.2) is 9.59 Å². The lowest BCUT2D eigenvalue weighted by atomic mass is 9.96. The van der Waals surface area contributed by atoms with Crippen LogP contribution >= 0.6 is 12.2 Å². The van der Waals surface area contributed by atoms with Crippen molar-refractivity contribution in [2.75, 3.05) is 6.61 Å². The van der Waals surface area contributed by atoms with Crippen LogP contribution in [-0.4, -0.2) is 46.2 Å². The number of esters is 1. The zero-order valence-corrected chi connectivity index (χ0v) is 14.4. The summed E-state index contributed by atoms with van der Waals surface area (Å²) in [6, 6.07) is -0.652. The molecule has 2 fully saturated rings. The number of thiocarbonyl (C=S) groups is 1. The molecule has 2 rings (SSSR count). The lowest BCUT2D eigenvalue weighted by molar-refractivity contribution is -0.149. The predicted molar refractivity (Wildman–Crippen MR) is 85.4 cm³/mol. The molecule has 0 aromatic heterocycles. The van der Waals surface area contributed by atoms with E-state index in [1.54, 1.807) is 27.7 Å². The van der Waals surface area contributed by atoms with Crippen molar-refractivity contribution in [1.29, 1.82) is 0 Å². The second kappa shape index (κ2) is 5.68. The van der Waals surface area contributed by atoms with Gasteiger partial charge in [0.1, 0.15) is 11.6 Å². The van der Waals surface area contributed by atoms with E-state index >= 15 is 0 Å². The molecule has 1 amide bonds. The van der Waals surface area contributed by atoms with Gasteiger partial charge in [0.15, 0.2) is 0 Å². The maximum atomic E-state index is 12.5. The molecule has 124 valence electrons. The maximum absolute atomic E-state index is 12.5. The summed E-state index contributed by atoms with van der Waals surface area (Å²) < 4.78 is 10.5. The number of carbonyl (C=O) groups is 2. The van der Waals surface area contributed by atoms with E-state index in [0.29, 0.717) is 17.8 Å². The Kier molecular flexibility index (Phi) is 4.39. The maximum Gasteiger partial charge on any atom is 0.411 e. The predicted octanol–water partition coefficient (Wildman–Crippen LogP) is 1.99. The van der Waals surface area contributed by atoms with Crippen molar-refractivity contribution in [1.82, 2.24) is 4.90 Å². The van der Waals surface area contributed by atoms with Crippen molar-refractivity contribution in [3.05, 3.63) is 0 Å². The molecular weight excluding hydrogens is 304 g/mol. The van der Waals surface area contributed by atoms with E-state index < -0.39 is 17.7 Å². The quantitative estimate of drug-likeness (QED) is 0.628. The molecule has 1 aliphatic heterocycles. The fourth-order valence-corrected chi connectivity index (χ4v) is 3.54. The van der Waals surface area contributed by atoms with Crippen molar-refractivity contribution in [2.24, 2.45) is 11.1 Å². The Hall–Kier alpha value is -1.37. The number of nitrogens with zero attached hydrogens (tertiary/aromatic N) is 1. The van der Waals surface area contributed by atoms with E-state index in [-0.39, 0.29) is 24.0 Å². The number of amides is 1. The lowest BCUT2D eigenvalue weighted by Gasteiger charge is -2.29.